The van der Waals surface area contributed by atoms with Crippen LogP contribution < -0.4 is 15.4 Å². The fourth-order valence-electron chi connectivity index (χ4n) is 3.42. The Morgan fingerprint density at radius 2 is 1.81 bits per heavy atom. The third kappa shape index (κ3) is 4.54. The molecule has 2 unspecified atom stereocenters. The lowest BCUT2D eigenvalue weighted by Crippen LogP contribution is -2.38. The third-order valence-electron chi connectivity index (χ3n) is 4.95. The van der Waals surface area contributed by atoms with E-state index in [0.29, 0.717) is 10.4 Å². The van der Waals surface area contributed by atoms with Crippen LogP contribution in [0.5, 0.6) is 5.75 Å². The zero-order chi connectivity index (χ0) is 22.0. The zero-order valence-electron chi connectivity index (χ0n) is 17.0. The number of hydrogen-bond donors (Lipinski definition) is 3. The second kappa shape index (κ2) is 9.26. The lowest BCUT2D eigenvalue weighted by Gasteiger charge is -2.25. The second-order valence-electron chi connectivity index (χ2n) is 7.14. The molecule has 4 nitrogen and oxygen atoms in total. The molecule has 0 spiro atoms. The van der Waals surface area contributed by atoms with Crippen LogP contribution in [0.3, 0.4) is 0 Å². The van der Waals surface area contributed by atoms with Crippen LogP contribution in [-0.4, -0.2) is 24.5 Å². The first kappa shape index (κ1) is 21.6. The van der Waals surface area contributed by atoms with E-state index in [1.54, 1.807) is 20.1 Å². The molecule has 0 saturated carbocycles. The number of hydrogen-bond acceptors (Lipinski definition) is 5. The van der Waals surface area contributed by atoms with Crippen molar-refractivity contribution >= 4 is 48.7 Å². The van der Waals surface area contributed by atoms with Crippen molar-refractivity contribution in [1.82, 2.24) is 0 Å². The van der Waals surface area contributed by atoms with E-state index < -0.39 is 12.3 Å². The summed E-state index contributed by atoms with van der Waals surface area (Å²) in [6, 6.07) is 20.4. The van der Waals surface area contributed by atoms with Gasteiger partial charge in [0.05, 0.1) is 28.5 Å². The maximum Gasteiger partial charge on any atom is 0.141 e. The van der Waals surface area contributed by atoms with Crippen LogP contribution in [-0.2, 0) is 0 Å². The Morgan fingerprint density at radius 3 is 2.52 bits per heavy atom. The van der Waals surface area contributed by atoms with Crippen molar-refractivity contribution in [2.75, 3.05) is 17.7 Å². The van der Waals surface area contributed by atoms with Crippen LogP contribution in [0.25, 0.3) is 20.5 Å². The highest BCUT2D eigenvalue weighted by Gasteiger charge is 2.23. The molecule has 0 aliphatic carbocycles. The highest BCUT2D eigenvalue weighted by molar-refractivity contribution is 9.10. The van der Waals surface area contributed by atoms with E-state index >= 15 is 0 Å². The summed E-state index contributed by atoms with van der Waals surface area (Å²) >= 11 is 4.88. The monoisotopic (exact) mass is 500 g/mol. The molecular weight excluding hydrogens is 479 g/mol. The lowest BCUT2D eigenvalue weighted by molar-refractivity contribution is 0.181. The Balaban J connectivity index is 1.85. The van der Waals surface area contributed by atoms with Gasteiger partial charge in [-0.25, -0.2) is 4.39 Å². The fourth-order valence-corrected chi connectivity index (χ4v) is 4.97. The predicted molar refractivity (Wildman–Crippen MR) is 131 cm³/mol. The number of anilines is 2. The van der Waals surface area contributed by atoms with E-state index in [9.17, 15) is 9.50 Å². The summed E-state index contributed by atoms with van der Waals surface area (Å²) < 4.78 is 21.7. The molecule has 4 aromatic rings. The summed E-state index contributed by atoms with van der Waals surface area (Å²) in [4.78, 5) is 0.832. The van der Waals surface area contributed by atoms with Gasteiger partial charge in [-0.3, -0.25) is 0 Å². The van der Waals surface area contributed by atoms with Crippen LogP contribution in [0.1, 0.15) is 6.92 Å². The van der Waals surface area contributed by atoms with E-state index in [4.69, 9.17) is 4.74 Å². The molecule has 31 heavy (non-hydrogen) atoms. The lowest BCUT2D eigenvalue weighted by atomic mass is 10.1. The molecule has 3 aromatic carbocycles. The standard InChI is InChI=1S/C24H22BrFN2O2S/c1-14(29)24(27-16-7-4-3-5-8-16)28-21-17-9-6-10-19(26)22(17)31-23(21)18-13-15(25)11-12-20(18)30-2/h3-14,24,27-29H,1-2H3. The smallest absolute Gasteiger partial charge is 0.141 e. The molecule has 3 N–H and O–H groups in total. The quantitative estimate of drug-likeness (QED) is 0.247. The number of ether oxygens (including phenoxy) is 1. The van der Waals surface area contributed by atoms with Crippen molar-refractivity contribution in [3.8, 4) is 16.2 Å². The van der Waals surface area contributed by atoms with Crippen molar-refractivity contribution in [2.45, 2.75) is 19.2 Å². The topological polar surface area (TPSA) is 53.5 Å². The molecule has 0 amide bonds. The van der Waals surface area contributed by atoms with Gasteiger partial charge in [0.25, 0.3) is 0 Å². The van der Waals surface area contributed by atoms with Crippen LogP contribution >= 0.6 is 27.3 Å². The maximum absolute atomic E-state index is 14.7. The molecule has 0 radical (unpaired) electrons. The van der Waals surface area contributed by atoms with Gasteiger partial charge >= 0.3 is 0 Å². The zero-order valence-corrected chi connectivity index (χ0v) is 19.4. The van der Waals surface area contributed by atoms with Gasteiger partial charge in [0, 0.05) is 21.1 Å². The first-order chi connectivity index (χ1) is 15.0. The molecule has 160 valence electrons. The minimum Gasteiger partial charge on any atom is -0.496 e. The van der Waals surface area contributed by atoms with Gasteiger partial charge in [-0.15, -0.1) is 11.3 Å². The average molecular weight is 501 g/mol. The minimum atomic E-state index is -0.721. The Labute approximate surface area is 192 Å². The summed E-state index contributed by atoms with van der Waals surface area (Å²) in [5.74, 6) is 0.401. The Bertz CT molecular complexity index is 1200. The molecule has 1 aromatic heterocycles. The van der Waals surface area contributed by atoms with Crippen molar-refractivity contribution in [1.29, 1.82) is 0 Å². The largest absolute Gasteiger partial charge is 0.496 e. The third-order valence-corrected chi connectivity index (χ3v) is 6.69. The van der Waals surface area contributed by atoms with Crippen molar-refractivity contribution in [3.63, 3.8) is 0 Å². The van der Waals surface area contributed by atoms with Crippen LogP contribution in [0.4, 0.5) is 15.8 Å². The number of benzene rings is 3. The minimum absolute atomic E-state index is 0.282. The van der Waals surface area contributed by atoms with Gasteiger partial charge in [-0.1, -0.05) is 46.3 Å². The number of aliphatic hydroxyl groups is 1. The number of fused-ring (bicyclic) bond motifs is 1. The van der Waals surface area contributed by atoms with E-state index in [-0.39, 0.29) is 5.82 Å². The first-order valence-electron chi connectivity index (χ1n) is 9.79. The number of rotatable bonds is 7. The second-order valence-corrected chi connectivity index (χ2v) is 9.08. The summed E-state index contributed by atoms with van der Waals surface area (Å²) in [5, 5.41) is 18.0. The summed E-state index contributed by atoms with van der Waals surface area (Å²) in [7, 11) is 1.61. The normalized spacial score (nSPS) is 13.1. The molecular formula is C24H22BrFN2O2S. The number of halogens is 2. The van der Waals surface area contributed by atoms with Gasteiger partial charge in [0.1, 0.15) is 17.7 Å². The molecule has 7 heteroatoms. The summed E-state index contributed by atoms with van der Waals surface area (Å²) in [6.07, 6.45) is -1.22. The number of thiophene rings is 1. The van der Waals surface area contributed by atoms with E-state index in [2.05, 4.69) is 26.6 Å². The molecule has 0 saturated heterocycles. The molecule has 1 heterocycles. The summed E-state index contributed by atoms with van der Waals surface area (Å²) in [6.45, 7) is 1.71. The summed E-state index contributed by atoms with van der Waals surface area (Å²) in [5.41, 5.74) is 2.45. The number of nitrogens with one attached hydrogen (secondary N) is 2. The maximum atomic E-state index is 14.7. The first-order valence-corrected chi connectivity index (χ1v) is 11.4. The Hall–Kier alpha value is -2.61. The average Bonchev–Trinajstić information content (AvgIpc) is 3.13. The number of aliphatic hydroxyl groups excluding tert-OH is 1. The van der Waals surface area contributed by atoms with Crippen LogP contribution in [0.2, 0.25) is 0 Å². The van der Waals surface area contributed by atoms with Gasteiger partial charge in [-0.2, -0.15) is 0 Å². The SMILES string of the molecule is COc1ccc(Br)cc1-c1sc2c(F)cccc2c1NC(Nc1ccccc1)C(C)O. The Morgan fingerprint density at radius 1 is 1.03 bits per heavy atom. The van der Waals surface area contributed by atoms with Gasteiger partial charge in [0.2, 0.25) is 0 Å². The van der Waals surface area contributed by atoms with E-state index in [1.807, 2.05) is 54.6 Å². The number of para-hydroxylation sites is 1. The highest BCUT2D eigenvalue weighted by Crippen LogP contribution is 2.47. The molecule has 0 bridgehead atoms. The Kier molecular flexibility index (Phi) is 6.46. The van der Waals surface area contributed by atoms with Gasteiger partial charge < -0.3 is 20.5 Å². The molecule has 4 rings (SSSR count). The van der Waals surface area contributed by atoms with Crippen molar-refractivity contribution in [3.05, 3.63) is 77.0 Å². The van der Waals surface area contributed by atoms with Crippen LogP contribution in [0.15, 0.2) is 71.2 Å². The van der Waals surface area contributed by atoms with Gasteiger partial charge in [0.15, 0.2) is 0 Å². The van der Waals surface area contributed by atoms with Crippen molar-refractivity contribution in [2.24, 2.45) is 0 Å². The molecule has 0 aliphatic heterocycles. The highest BCUT2D eigenvalue weighted by atomic mass is 79.9. The molecule has 2 atom stereocenters. The van der Waals surface area contributed by atoms with Crippen LogP contribution in [0, 0.1) is 5.82 Å². The fraction of sp³-hybridized carbons (Fsp3) is 0.167. The number of methoxy groups -OCH3 is 1. The van der Waals surface area contributed by atoms with Crippen molar-refractivity contribution < 1.29 is 14.2 Å². The molecule has 0 aliphatic rings. The van der Waals surface area contributed by atoms with E-state index in [0.717, 1.165) is 31.7 Å². The predicted octanol–water partition coefficient (Wildman–Crippen LogP) is 6.71. The van der Waals surface area contributed by atoms with Gasteiger partial charge in [-0.05, 0) is 43.3 Å². The van der Waals surface area contributed by atoms with E-state index in [1.165, 1.54) is 17.4 Å². The molecule has 0 fully saturated rings.